The summed E-state index contributed by atoms with van der Waals surface area (Å²) >= 11 is 0. The summed E-state index contributed by atoms with van der Waals surface area (Å²) < 4.78 is 5.35. The second-order valence-electron chi connectivity index (χ2n) is 8.46. The van der Waals surface area contributed by atoms with E-state index in [0.717, 1.165) is 18.8 Å². The Bertz CT molecular complexity index is 286. The Hall–Kier alpha value is -0.530. The molecule has 0 aromatic carbocycles. The van der Waals surface area contributed by atoms with E-state index in [2.05, 4.69) is 20.8 Å². The third kappa shape index (κ3) is 21.5. The van der Waals surface area contributed by atoms with E-state index < -0.39 is 0 Å². The maximum atomic E-state index is 11.7. The van der Waals surface area contributed by atoms with Gasteiger partial charge in [-0.1, -0.05) is 117 Å². The van der Waals surface area contributed by atoms with E-state index in [4.69, 9.17) is 4.74 Å². The van der Waals surface area contributed by atoms with Gasteiger partial charge in [-0.3, -0.25) is 4.79 Å². The third-order valence-electron chi connectivity index (χ3n) is 5.17. The molecule has 0 rings (SSSR count). The third-order valence-corrected chi connectivity index (χ3v) is 5.17. The van der Waals surface area contributed by atoms with Crippen LogP contribution < -0.4 is 0 Å². The summed E-state index contributed by atoms with van der Waals surface area (Å²) in [5.41, 5.74) is 0. The van der Waals surface area contributed by atoms with Crippen LogP contribution in [0.5, 0.6) is 0 Å². The Balaban J connectivity index is 3.15. The predicted molar refractivity (Wildman–Crippen MR) is 115 cm³/mol. The van der Waals surface area contributed by atoms with Gasteiger partial charge in [0.15, 0.2) is 0 Å². The van der Waals surface area contributed by atoms with Gasteiger partial charge < -0.3 is 4.74 Å². The van der Waals surface area contributed by atoms with Crippen molar-refractivity contribution in [1.82, 2.24) is 0 Å². The zero-order chi connectivity index (χ0) is 19.3. The molecule has 0 heterocycles. The van der Waals surface area contributed by atoms with E-state index in [0.29, 0.717) is 13.0 Å². The molecule has 0 aliphatic heterocycles. The topological polar surface area (TPSA) is 26.3 Å². The first-order valence-corrected chi connectivity index (χ1v) is 11.8. The Morgan fingerprint density at radius 3 is 1.65 bits per heavy atom. The Morgan fingerprint density at radius 2 is 1.12 bits per heavy atom. The normalized spacial score (nSPS) is 11.2. The lowest BCUT2D eigenvalue weighted by atomic mass is 10.0. The summed E-state index contributed by atoms with van der Waals surface area (Å²) in [4.78, 5) is 11.7. The van der Waals surface area contributed by atoms with Gasteiger partial charge in [-0.15, -0.1) is 0 Å². The molecule has 2 nitrogen and oxygen atoms in total. The SMILES string of the molecule is CCCCCCCCCCCC(=O)OCCCCCCCCCC(C)C. The predicted octanol–water partition coefficient (Wildman–Crippen LogP) is 8.23. The van der Waals surface area contributed by atoms with Crippen LogP contribution in [0.2, 0.25) is 0 Å². The second kappa shape index (κ2) is 20.8. The molecule has 0 radical (unpaired) electrons. The molecule has 0 atom stereocenters. The van der Waals surface area contributed by atoms with Crippen molar-refractivity contribution < 1.29 is 9.53 Å². The molecule has 0 saturated carbocycles. The van der Waals surface area contributed by atoms with E-state index >= 15 is 0 Å². The van der Waals surface area contributed by atoms with E-state index in [1.165, 1.54) is 96.3 Å². The van der Waals surface area contributed by atoms with Gasteiger partial charge in [0.1, 0.15) is 0 Å². The first-order chi connectivity index (χ1) is 12.7. The van der Waals surface area contributed by atoms with Gasteiger partial charge in [0.2, 0.25) is 0 Å². The first-order valence-electron chi connectivity index (χ1n) is 11.8. The summed E-state index contributed by atoms with van der Waals surface area (Å²) in [6.07, 6.45) is 22.6. The van der Waals surface area contributed by atoms with Crippen LogP contribution >= 0.6 is 0 Å². The van der Waals surface area contributed by atoms with Crippen molar-refractivity contribution in [2.24, 2.45) is 5.92 Å². The maximum Gasteiger partial charge on any atom is 0.305 e. The van der Waals surface area contributed by atoms with Gasteiger partial charge in [0.25, 0.3) is 0 Å². The number of carbonyl (C=O) groups excluding carboxylic acids is 1. The second-order valence-corrected chi connectivity index (χ2v) is 8.46. The van der Waals surface area contributed by atoms with E-state index in [1.807, 2.05) is 0 Å². The van der Waals surface area contributed by atoms with Gasteiger partial charge in [0.05, 0.1) is 6.61 Å². The fourth-order valence-corrected chi connectivity index (χ4v) is 3.38. The molecule has 0 aromatic rings. The Kier molecular flexibility index (Phi) is 20.4. The minimum atomic E-state index is 0.0154. The van der Waals surface area contributed by atoms with Crippen molar-refractivity contribution in [3.8, 4) is 0 Å². The Morgan fingerprint density at radius 1 is 0.654 bits per heavy atom. The van der Waals surface area contributed by atoms with Crippen LogP contribution in [0.25, 0.3) is 0 Å². The van der Waals surface area contributed by atoms with Crippen LogP contribution in [-0.2, 0) is 9.53 Å². The molecular weight excluding hydrogens is 320 g/mol. The molecule has 26 heavy (non-hydrogen) atoms. The van der Waals surface area contributed by atoms with Crippen LogP contribution in [0.15, 0.2) is 0 Å². The fraction of sp³-hybridized carbons (Fsp3) is 0.958. The van der Waals surface area contributed by atoms with Gasteiger partial charge in [-0.25, -0.2) is 0 Å². The zero-order valence-electron chi connectivity index (χ0n) is 18.3. The summed E-state index contributed by atoms with van der Waals surface area (Å²) in [6, 6.07) is 0. The number of hydrogen-bond donors (Lipinski definition) is 0. The zero-order valence-corrected chi connectivity index (χ0v) is 18.3. The van der Waals surface area contributed by atoms with Crippen LogP contribution in [0.4, 0.5) is 0 Å². The highest BCUT2D eigenvalue weighted by molar-refractivity contribution is 5.69. The van der Waals surface area contributed by atoms with Crippen molar-refractivity contribution in [1.29, 1.82) is 0 Å². The molecule has 156 valence electrons. The molecule has 0 fully saturated rings. The summed E-state index contributed by atoms with van der Waals surface area (Å²) in [7, 11) is 0. The number of hydrogen-bond acceptors (Lipinski definition) is 2. The molecule has 0 aliphatic carbocycles. The van der Waals surface area contributed by atoms with Gasteiger partial charge in [-0.2, -0.15) is 0 Å². The smallest absolute Gasteiger partial charge is 0.305 e. The molecule has 0 aliphatic rings. The summed E-state index contributed by atoms with van der Waals surface area (Å²) in [6.45, 7) is 7.49. The van der Waals surface area contributed by atoms with Crippen molar-refractivity contribution in [3.05, 3.63) is 0 Å². The van der Waals surface area contributed by atoms with Crippen molar-refractivity contribution in [2.45, 2.75) is 136 Å². The van der Waals surface area contributed by atoms with E-state index in [-0.39, 0.29) is 5.97 Å². The number of ether oxygens (including phenoxy) is 1. The Labute approximate surface area is 164 Å². The maximum absolute atomic E-state index is 11.7. The molecule has 2 heteroatoms. The molecule has 0 aromatic heterocycles. The molecule has 0 unspecified atom stereocenters. The highest BCUT2D eigenvalue weighted by Crippen LogP contribution is 2.13. The minimum absolute atomic E-state index is 0.0154. The largest absolute Gasteiger partial charge is 0.466 e. The fourth-order valence-electron chi connectivity index (χ4n) is 3.38. The highest BCUT2D eigenvalue weighted by atomic mass is 16.5. The lowest BCUT2D eigenvalue weighted by molar-refractivity contribution is -0.143. The molecule has 0 bridgehead atoms. The lowest BCUT2D eigenvalue weighted by Gasteiger charge is -2.06. The van der Waals surface area contributed by atoms with Crippen molar-refractivity contribution >= 4 is 5.97 Å². The molecule has 0 amide bonds. The average Bonchev–Trinajstić information content (AvgIpc) is 2.61. The van der Waals surface area contributed by atoms with Gasteiger partial charge in [0, 0.05) is 6.42 Å². The van der Waals surface area contributed by atoms with Crippen LogP contribution in [0.3, 0.4) is 0 Å². The monoisotopic (exact) mass is 368 g/mol. The number of rotatable bonds is 20. The summed E-state index contributed by atoms with van der Waals surface area (Å²) in [5, 5.41) is 0. The average molecular weight is 369 g/mol. The van der Waals surface area contributed by atoms with Crippen molar-refractivity contribution in [3.63, 3.8) is 0 Å². The highest BCUT2D eigenvalue weighted by Gasteiger charge is 2.02. The number of carbonyl (C=O) groups is 1. The van der Waals surface area contributed by atoms with Crippen LogP contribution in [-0.4, -0.2) is 12.6 Å². The number of esters is 1. The molecule has 0 saturated heterocycles. The van der Waals surface area contributed by atoms with Crippen LogP contribution in [0, 0.1) is 5.92 Å². The molecule has 0 spiro atoms. The molecular formula is C24H48O2. The summed E-state index contributed by atoms with van der Waals surface area (Å²) in [5.74, 6) is 0.863. The molecule has 0 N–H and O–H groups in total. The van der Waals surface area contributed by atoms with Gasteiger partial charge in [-0.05, 0) is 18.8 Å². The van der Waals surface area contributed by atoms with E-state index in [9.17, 15) is 4.79 Å². The van der Waals surface area contributed by atoms with Gasteiger partial charge >= 0.3 is 5.97 Å². The minimum Gasteiger partial charge on any atom is -0.466 e. The first kappa shape index (κ1) is 25.5. The lowest BCUT2D eigenvalue weighted by Crippen LogP contribution is -2.05. The van der Waals surface area contributed by atoms with Crippen LogP contribution in [0.1, 0.15) is 136 Å². The standard InChI is InChI=1S/C24H48O2/c1-4-5-6-7-8-9-12-15-18-21-24(25)26-22-19-16-13-10-11-14-17-20-23(2)3/h23H,4-22H2,1-3H3. The van der Waals surface area contributed by atoms with Crippen molar-refractivity contribution in [2.75, 3.05) is 6.61 Å². The number of unbranched alkanes of at least 4 members (excludes halogenated alkanes) is 14. The quantitative estimate of drug-likeness (QED) is 0.160. The van der Waals surface area contributed by atoms with E-state index in [1.54, 1.807) is 0 Å².